The summed E-state index contributed by atoms with van der Waals surface area (Å²) in [7, 11) is 0. The van der Waals surface area contributed by atoms with Crippen molar-refractivity contribution in [3.05, 3.63) is 35.6 Å². The van der Waals surface area contributed by atoms with Gasteiger partial charge in [0, 0.05) is 25.2 Å². The zero-order valence-corrected chi connectivity index (χ0v) is 18.5. The topological polar surface area (TPSA) is 85.8 Å². The number of amides is 3. The van der Waals surface area contributed by atoms with E-state index in [2.05, 4.69) is 25.8 Å². The van der Waals surface area contributed by atoms with Crippen molar-refractivity contribution >= 4 is 41.9 Å². The van der Waals surface area contributed by atoms with Crippen molar-refractivity contribution in [2.45, 2.75) is 38.8 Å². The van der Waals surface area contributed by atoms with Gasteiger partial charge in [-0.05, 0) is 38.7 Å². The predicted molar refractivity (Wildman–Crippen MR) is 116 cm³/mol. The van der Waals surface area contributed by atoms with Crippen LogP contribution in [0.5, 0.6) is 0 Å². The first-order chi connectivity index (χ1) is 12.9. The van der Waals surface area contributed by atoms with E-state index in [0.717, 1.165) is 18.8 Å². The SMILES string of the molecule is CCNC(=NCc1ccccc1F)N1CCC(C2(C)NC(=O)NC2=O)CC1.I. The van der Waals surface area contributed by atoms with Gasteiger partial charge in [-0.2, -0.15) is 0 Å². The molecule has 1 unspecified atom stereocenters. The van der Waals surface area contributed by atoms with Crippen molar-refractivity contribution in [2.24, 2.45) is 10.9 Å². The molecule has 0 bridgehead atoms. The van der Waals surface area contributed by atoms with Gasteiger partial charge in [0.1, 0.15) is 11.4 Å². The Balaban J connectivity index is 0.00000280. The molecule has 1 atom stereocenters. The number of guanidine groups is 1. The average Bonchev–Trinajstić information content (AvgIpc) is 2.93. The summed E-state index contributed by atoms with van der Waals surface area (Å²) in [5.41, 5.74) is -0.299. The van der Waals surface area contributed by atoms with E-state index in [1.807, 2.05) is 6.92 Å². The van der Waals surface area contributed by atoms with E-state index >= 15 is 0 Å². The van der Waals surface area contributed by atoms with Crippen molar-refractivity contribution in [3.8, 4) is 0 Å². The summed E-state index contributed by atoms with van der Waals surface area (Å²) in [5.74, 6) is 0.289. The van der Waals surface area contributed by atoms with Gasteiger partial charge in [0.2, 0.25) is 0 Å². The van der Waals surface area contributed by atoms with Gasteiger partial charge in [-0.1, -0.05) is 18.2 Å². The Morgan fingerprint density at radius 1 is 1.32 bits per heavy atom. The van der Waals surface area contributed by atoms with Crippen LogP contribution in [0.4, 0.5) is 9.18 Å². The highest BCUT2D eigenvalue weighted by molar-refractivity contribution is 14.0. The van der Waals surface area contributed by atoms with E-state index in [-0.39, 0.29) is 48.2 Å². The van der Waals surface area contributed by atoms with E-state index in [9.17, 15) is 14.0 Å². The van der Waals surface area contributed by atoms with E-state index in [0.29, 0.717) is 25.2 Å². The number of urea groups is 1. The Bertz CT molecular complexity index is 752. The third kappa shape index (κ3) is 4.73. The molecule has 9 heteroatoms. The Labute approximate surface area is 181 Å². The van der Waals surface area contributed by atoms with Gasteiger partial charge in [-0.3, -0.25) is 10.1 Å². The number of carbonyl (C=O) groups is 2. The molecule has 1 aromatic rings. The lowest BCUT2D eigenvalue weighted by molar-refractivity contribution is -0.125. The Morgan fingerprint density at radius 2 is 2.00 bits per heavy atom. The molecule has 0 spiro atoms. The number of piperidine rings is 1. The molecule has 0 radical (unpaired) electrons. The third-order valence-electron chi connectivity index (χ3n) is 5.37. The minimum absolute atomic E-state index is 0. The maximum atomic E-state index is 13.8. The monoisotopic (exact) mass is 503 g/mol. The van der Waals surface area contributed by atoms with Crippen LogP contribution in [0.2, 0.25) is 0 Å². The van der Waals surface area contributed by atoms with Crippen LogP contribution in [-0.2, 0) is 11.3 Å². The molecule has 2 heterocycles. The van der Waals surface area contributed by atoms with Gasteiger partial charge in [0.05, 0.1) is 6.54 Å². The summed E-state index contributed by atoms with van der Waals surface area (Å²) in [5, 5.41) is 8.35. The molecule has 3 amide bonds. The maximum absolute atomic E-state index is 13.8. The fraction of sp³-hybridized carbons (Fsp3) is 0.526. The molecule has 2 saturated heterocycles. The largest absolute Gasteiger partial charge is 0.357 e. The highest BCUT2D eigenvalue weighted by atomic mass is 127. The normalized spacial score (nSPS) is 23.1. The minimum Gasteiger partial charge on any atom is -0.357 e. The summed E-state index contributed by atoms with van der Waals surface area (Å²) in [6.07, 6.45) is 1.52. The van der Waals surface area contributed by atoms with Crippen molar-refractivity contribution < 1.29 is 14.0 Å². The highest BCUT2D eigenvalue weighted by Crippen LogP contribution is 2.30. The fourth-order valence-corrected chi connectivity index (χ4v) is 3.73. The third-order valence-corrected chi connectivity index (χ3v) is 5.37. The van der Waals surface area contributed by atoms with Crippen LogP contribution in [0.15, 0.2) is 29.3 Å². The number of hydrogen-bond donors (Lipinski definition) is 3. The van der Waals surface area contributed by atoms with Gasteiger partial charge in [0.25, 0.3) is 5.91 Å². The van der Waals surface area contributed by atoms with Crippen molar-refractivity contribution in [3.63, 3.8) is 0 Å². The molecule has 0 aromatic heterocycles. The molecule has 0 aliphatic carbocycles. The van der Waals surface area contributed by atoms with Gasteiger partial charge < -0.3 is 15.5 Å². The second-order valence-electron chi connectivity index (χ2n) is 7.13. The van der Waals surface area contributed by atoms with Gasteiger partial charge >= 0.3 is 6.03 Å². The second kappa shape index (κ2) is 9.53. The van der Waals surface area contributed by atoms with Crippen LogP contribution in [0.3, 0.4) is 0 Å². The van der Waals surface area contributed by atoms with Crippen LogP contribution in [0.25, 0.3) is 0 Å². The molecule has 0 saturated carbocycles. The van der Waals surface area contributed by atoms with Crippen molar-refractivity contribution in [1.82, 2.24) is 20.9 Å². The number of carbonyl (C=O) groups excluding carboxylic acids is 2. The van der Waals surface area contributed by atoms with Crippen LogP contribution < -0.4 is 16.0 Å². The lowest BCUT2D eigenvalue weighted by Crippen LogP contribution is -2.55. The van der Waals surface area contributed by atoms with E-state index in [1.54, 1.807) is 25.1 Å². The molecule has 2 aliphatic rings. The fourth-order valence-electron chi connectivity index (χ4n) is 3.73. The summed E-state index contributed by atoms with van der Waals surface area (Å²) >= 11 is 0. The lowest BCUT2D eigenvalue weighted by atomic mass is 9.79. The molecular formula is C19H27FIN5O2. The van der Waals surface area contributed by atoms with Crippen molar-refractivity contribution in [2.75, 3.05) is 19.6 Å². The molecule has 1 aromatic carbocycles. The molecule has 3 rings (SSSR count). The van der Waals surface area contributed by atoms with Crippen LogP contribution in [0, 0.1) is 11.7 Å². The first-order valence-corrected chi connectivity index (χ1v) is 9.34. The van der Waals surface area contributed by atoms with Gasteiger partial charge in [-0.15, -0.1) is 24.0 Å². The molecule has 28 heavy (non-hydrogen) atoms. The number of benzene rings is 1. The quantitative estimate of drug-likeness (QED) is 0.255. The van der Waals surface area contributed by atoms with E-state index < -0.39 is 11.6 Å². The summed E-state index contributed by atoms with van der Waals surface area (Å²) < 4.78 is 13.8. The summed E-state index contributed by atoms with van der Waals surface area (Å²) in [6, 6.07) is 6.21. The standard InChI is InChI=1S/C19H26FN5O2.HI/c1-3-21-17(22-12-13-6-4-5-7-15(13)20)25-10-8-14(9-11-25)19(2)16(26)23-18(27)24-19;/h4-7,14H,3,8-12H2,1-2H3,(H,21,22)(H2,23,24,26,27);1H. The molecule has 2 aliphatic heterocycles. The number of aliphatic imine (C=N–C) groups is 1. The van der Waals surface area contributed by atoms with Crippen LogP contribution in [0.1, 0.15) is 32.3 Å². The van der Waals surface area contributed by atoms with Crippen molar-refractivity contribution in [1.29, 1.82) is 0 Å². The number of halogens is 2. The second-order valence-corrected chi connectivity index (χ2v) is 7.13. The minimum atomic E-state index is -0.855. The Hall–Kier alpha value is -1.91. The lowest BCUT2D eigenvalue weighted by Gasteiger charge is -2.39. The molecule has 3 N–H and O–H groups in total. The first kappa shape index (κ1) is 22.4. The number of nitrogens with one attached hydrogen (secondary N) is 3. The van der Waals surface area contributed by atoms with Crippen LogP contribution >= 0.6 is 24.0 Å². The number of likely N-dealkylation sites (tertiary alicyclic amines) is 1. The molecule has 2 fully saturated rings. The van der Waals surface area contributed by atoms with Gasteiger partial charge in [-0.25, -0.2) is 14.2 Å². The number of imide groups is 1. The highest BCUT2D eigenvalue weighted by Gasteiger charge is 2.48. The number of nitrogens with zero attached hydrogens (tertiary/aromatic N) is 2. The van der Waals surface area contributed by atoms with Gasteiger partial charge in [0.15, 0.2) is 5.96 Å². The molecular weight excluding hydrogens is 476 g/mol. The Morgan fingerprint density at radius 3 is 2.57 bits per heavy atom. The molecule has 7 nitrogen and oxygen atoms in total. The number of hydrogen-bond acceptors (Lipinski definition) is 3. The first-order valence-electron chi connectivity index (χ1n) is 9.34. The summed E-state index contributed by atoms with van der Waals surface area (Å²) in [4.78, 5) is 30.3. The number of rotatable bonds is 4. The average molecular weight is 503 g/mol. The molecule has 154 valence electrons. The maximum Gasteiger partial charge on any atom is 0.322 e. The van der Waals surface area contributed by atoms with E-state index in [4.69, 9.17) is 0 Å². The zero-order chi connectivity index (χ0) is 19.4. The Kier molecular flexibility index (Phi) is 7.62. The van der Waals surface area contributed by atoms with Crippen LogP contribution in [-0.4, -0.2) is 48.0 Å². The zero-order valence-electron chi connectivity index (χ0n) is 16.1. The summed E-state index contributed by atoms with van der Waals surface area (Å²) in [6.45, 7) is 6.19. The predicted octanol–water partition coefficient (Wildman–Crippen LogP) is 2.22. The van der Waals surface area contributed by atoms with E-state index in [1.165, 1.54) is 6.07 Å². The smallest absolute Gasteiger partial charge is 0.322 e.